The molecule has 0 fully saturated rings. The Hall–Kier alpha value is -3.93. The van der Waals surface area contributed by atoms with Crippen LogP contribution >= 0.6 is 0 Å². The first-order valence-corrected chi connectivity index (χ1v) is 12.6. The van der Waals surface area contributed by atoms with Crippen molar-refractivity contribution in [1.82, 2.24) is 14.5 Å². The molecule has 4 aromatic rings. The lowest BCUT2D eigenvalue weighted by Gasteiger charge is -2.32. The first-order valence-electron chi connectivity index (χ1n) is 12.6. The van der Waals surface area contributed by atoms with E-state index in [1.807, 2.05) is 95.3 Å². The van der Waals surface area contributed by atoms with Gasteiger partial charge >= 0.3 is 6.03 Å². The molecule has 0 bridgehead atoms. The molecule has 0 radical (unpaired) electrons. The molecule has 1 heterocycles. The zero-order chi connectivity index (χ0) is 25.8. The lowest BCUT2D eigenvalue weighted by molar-refractivity contribution is 0.181. The van der Waals surface area contributed by atoms with Gasteiger partial charge in [0.05, 0.1) is 22.6 Å². The molecule has 0 aliphatic rings. The summed E-state index contributed by atoms with van der Waals surface area (Å²) in [6.45, 7) is 10.7. The third kappa shape index (κ3) is 5.03. The quantitative estimate of drug-likeness (QED) is 0.318. The number of hydrogen-bond acceptors (Lipinski definition) is 3. The Balaban J connectivity index is 1.88. The van der Waals surface area contributed by atoms with Crippen LogP contribution in [-0.4, -0.2) is 27.0 Å². The van der Waals surface area contributed by atoms with E-state index in [4.69, 9.17) is 4.98 Å². The van der Waals surface area contributed by atoms with Crippen molar-refractivity contribution in [2.24, 2.45) is 0 Å². The summed E-state index contributed by atoms with van der Waals surface area (Å²) >= 11 is 0. The van der Waals surface area contributed by atoms with Gasteiger partial charge in [0, 0.05) is 12.2 Å². The number of benzene rings is 3. The van der Waals surface area contributed by atoms with Crippen LogP contribution in [0.15, 0.2) is 71.5 Å². The van der Waals surface area contributed by atoms with Crippen molar-refractivity contribution in [2.75, 3.05) is 11.9 Å². The molecule has 0 saturated carbocycles. The molecule has 0 spiro atoms. The molecule has 0 aliphatic carbocycles. The SMILES string of the molecule is CCCN(C(=O)Nc1ccc(C)cc1)C(CC)c1nc2ccccc2c(=O)n1-c1ccc(C)cc1C. The van der Waals surface area contributed by atoms with Gasteiger partial charge in [0.2, 0.25) is 0 Å². The minimum atomic E-state index is -0.395. The fourth-order valence-corrected chi connectivity index (χ4v) is 4.68. The Bertz CT molecular complexity index is 1440. The van der Waals surface area contributed by atoms with Crippen molar-refractivity contribution in [3.8, 4) is 5.69 Å². The first-order chi connectivity index (χ1) is 17.3. The number of urea groups is 1. The van der Waals surface area contributed by atoms with Gasteiger partial charge < -0.3 is 10.2 Å². The number of carbonyl (C=O) groups excluding carboxylic acids is 1. The van der Waals surface area contributed by atoms with Crippen molar-refractivity contribution in [3.63, 3.8) is 0 Å². The van der Waals surface area contributed by atoms with Gasteiger partial charge in [-0.1, -0.05) is 61.4 Å². The summed E-state index contributed by atoms with van der Waals surface area (Å²) in [4.78, 5) is 34.2. The topological polar surface area (TPSA) is 67.2 Å². The Kier molecular flexibility index (Phi) is 7.53. The molecule has 4 rings (SSSR count). The van der Waals surface area contributed by atoms with Crippen LogP contribution in [0.1, 0.15) is 55.2 Å². The number of nitrogens with one attached hydrogen (secondary N) is 1. The summed E-state index contributed by atoms with van der Waals surface area (Å²) in [6, 6.07) is 20.6. The first kappa shape index (κ1) is 25.2. The lowest BCUT2D eigenvalue weighted by atomic mass is 10.1. The number of nitrogens with zero attached hydrogens (tertiary/aromatic N) is 3. The highest BCUT2D eigenvalue weighted by molar-refractivity contribution is 5.89. The van der Waals surface area contributed by atoms with Gasteiger partial charge in [-0.15, -0.1) is 0 Å². The Morgan fingerprint density at radius 2 is 1.67 bits per heavy atom. The number of fused-ring (bicyclic) bond motifs is 1. The molecule has 2 amide bonds. The summed E-state index contributed by atoms with van der Waals surface area (Å²) in [7, 11) is 0. The fourth-order valence-electron chi connectivity index (χ4n) is 4.68. The molecule has 1 N–H and O–H groups in total. The average molecular weight is 483 g/mol. The highest BCUT2D eigenvalue weighted by Crippen LogP contribution is 2.28. The second-order valence-electron chi connectivity index (χ2n) is 9.33. The number of para-hydroxylation sites is 1. The van der Waals surface area contributed by atoms with Gasteiger partial charge in [0.25, 0.3) is 5.56 Å². The molecule has 1 atom stereocenters. The maximum Gasteiger partial charge on any atom is 0.322 e. The molecule has 0 aliphatic heterocycles. The van der Waals surface area contributed by atoms with Crippen LogP contribution in [0.5, 0.6) is 0 Å². The van der Waals surface area contributed by atoms with E-state index in [0.717, 1.165) is 34.5 Å². The van der Waals surface area contributed by atoms with Crippen LogP contribution in [0.3, 0.4) is 0 Å². The zero-order valence-corrected chi connectivity index (χ0v) is 21.7. The predicted molar refractivity (Wildman–Crippen MR) is 147 cm³/mol. The molecule has 36 heavy (non-hydrogen) atoms. The van der Waals surface area contributed by atoms with E-state index in [1.165, 1.54) is 0 Å². The zero-order valence-electron chi connectivity index (χ0n) is 21.7. The largest absolute Gasteiger partial charge is 0.322 e. The van der Waals surface area contributed by atoms with Gasteiger partial charge in [-0.05, 0) is 69.5 Å². The van der Waals surface area contributed by atoms with E-state index in [2.05, 4.69) is 11.4 Å². The number of carbonyl (C=O) groups is 1. The molecular formula is C30H34N4O2. The fraction of sp³-hybridized carbons (Fsp3) is 0.300. The summed E-state index contributed by atoms with van der Waals surface area (Å²) in [5.74, 6) is 0.570. The van der Waals surface area contributed by atoms with Crippen molar-refractivity contribution in [3.05, 3.63) is 99.6 Å². The van der Waals surface area contributed by atoms with Crippen LogP contribution in [-0.2, 0) is 0 Å². The standard InChI is InChI=1S/C30H34N4O2/c1-6-18-33(30(36)31-23-15-12-20(3)13-16-23)26(7-2)28-32-25-11-9-8-10-24(25)29(35)34(28)27-17-14-21(4)19-22(27)5/h8-17,19,26H,6-7,18H2,1-5H3,(H,31,36). The number of rotatable bonds is 7. The second kappa shape index (κ2) is 10.8. The number of hydrogen-bond donors (Lipinski definition) is 1. The smallest absolute Gasteiger partial charge is 0.314 e. The third-order valence-corrected chi connectivity index (χ3v) is 6.48. The van der Waals surface area contributed by atoms with Crippen LogP contribution in [0, 0.1) is 20.8 Å². The average Bonchev–Trinajstić information content (AvgIpc) is 2.86. The molecule has 0 saturated heterocycles. The normalized spacial score (nSPS) is 11.9. The molecule has 6 heteroatoms. The van der Waals surface area contributed by atoms with E-state index >= 15 is 0 Å². The molecule has 1 unspecified atom stereocenters. The lowest BCUT2D eigenvalue weighted by Crippen LogP contribution is -2.41. The molecule has 6 nitrogen and oxygen atoms in total. The van der Waals surface area contributed by atoms with Crippen molar-refractivity contribution < 1.29 is 4.79 Å². The van der Waals surface area contributed by atoms with Gasteiger partial charge in [-0.3, -0.25) is 9.36 Å². The van der Waals surface area contributed by atoms with Crippen LogP contribution < -0.4 is 10.9 Å². The van der Waals surface area contributed by atoms with Crippen LogP contribution in [0.25, 0.3) is 16.6 Å². The number of amides is 2. The predicted octanol–water partition coefficient (Wildman–Crippen LogP) is 6.71. The van der Waals surface area contributed by atoms with Crippen LogP contribution in [0.4, 0.5) is 10.5 Å². The van der Waals surface area contributed by atoms with Gasteiger partial charge in [0.1, 0.15) is 5.82 Å². The Labute approximate surface area is 212 Å². The highest BCUT2D eigenvalue weighted by Gasteiger charge is 2.29. The third-order valence-electron chi connectivity index (χ3n) is 6.48. The Morgan fingerprint density at radius 1 is 0.972 bits per heavy atom. The van der Waals surface area contributed by atoms with Crippen molar-refractivity contribution in [2.45, 2.75) is 53.5 Å². The summed E-state index contributed by atoms with van der Waals surface area (Å²) < 4.78 is 1.70. The van der Waals surface area contributed by atoms with Crippen molar-refractivity contribution >= 4 is 22.6 Å². The minimum Gasteiger partial charge on any atom is -0.314 e. The van der Waals surface area contributed by atoms with Gasteiger partial charge in [0.15, 0.2) is 0 Å². The number of anilines is 1. The highest BCUT2D eigenvalue weighted by atomic mass is 16.2. The maximum absolute atomic E-state index is 13.9. The summed E-state index contributed by atoms with van der Waals surface area (Å²) in [5.41, 5.74) is 5.26. The summed E-state index contributed by atoms with van der Waals surface area (Å²) in [6.07, 6.45) is 1.39. The minimum absolute atomic E-state index is 0.128. The molecule has 186 valence electrons. The van der Waals surface area contributed by atoms with E-state index in [0.29, 0.717) is 29.7 Å². The van der Waals surface area contributed by atoms with Crippen molar-refractivity contribution in [1.29, 1.82) is 0 Å². The number of aryl methyl sites for hydroxylation is 3. The number of aromatic nitrogens is 2. The Morgan fingerprint density at radius 3 is 2.33 bits per heavy atom. The second-order valence-corrected chi connectivity index (χ2v) is 9.33. The van der Waals surface area contributed by atoms with E-state index in [-0.39, 0.29) is 11.6 Å². The molecule has 1 aromatic heterocycles. The van der Waals surface area contributed by atoms with Crippen LogP contribution in [0.2, 0.25) is 0 Å². The van der Waals surface area contributed by atoms with Gasteiger partial charge in [-0.25, -0.2) is 9.78 Å². The van der Waals surface area contributed by atoms with E-state index in [9.17, 15) is 9.59 Å². The van der Waals surface area contributed by atoms with E-state index in [1.54, 1.807) is 9.47 Å². The molecule has 3 aromatic carbocycles. The van der Waals surface area contributed by atoms with Gasteiger partial charge in [-0.2, -0.15) is 0 Å². The maximum atomic E-state index is 13.9. The van der Waals surface area contributed by atoms with E-state index < -0.39 is 6.04 Å². The monoisotopic (exact) mass is 482 g/mol. The summed E-state index contributed by atoms with van der Waals surface area (Å²) in [5, 5.41) is 3.60. The molecular weight excluding hydrogens is 448 g/mol.